The van der Waals surface area contributed by atoms with Crippen molar-refractivity contribution in [2.24, 2.45) is 23.0 Å². The fourth-order valence-electron chi connectivity index (χ4n) is 9.90. The fourth-order valence-corrected chi connectivity index (χ4v) is 9.90. The van der Waals surface area contributed by atoms with Crippen LogP contribution in [0.2, 0.25) is 0 Å². The number of carbonyl (C=O) groups excluding carboxylic acids is 5. The smallest absolute Gasteiger partial charge is 0.404 e. The van der Waals surface area contributed by atoms with E-state index in [1.807, 2.05) is 19.1 Å². The second-order valence-corrected chi connectivity index (χ2v) is 19.1. The van der Waals surface area contributed by atoms with Gasteiger partial charge in [-0.05, 0) is 131 Å². The van der Waals surface area contributed by atoms with Crippen molar-refractivity contribution in [3.05, 3.63) is 59.7 Å². The van der Waals surface area contributed by atoms with Crippen molar-refractivity contribution in [1.29, 1.82) is 0 Å². The maximum Gasteiger partial charge on any atom is 0.481 e. The zero-order valence-electron chi connectivity index (χ0n) is 38.3. The van der Waals surface area contributed by atoms with Crippen LogP contribution in [0.5, 0.6) is 0 Å². The molecule has 0 aromatic heterocycles. The molecule has 14 nitrogen and oxygen atoms in total. The molecule has 2 heterocycles. The number of ether oxygens (including phenoxy) is 1. The highest BCUT2D eigenvalue weighted by molar-refractivity contribution is 6.47. The van der Waals surface area contributed by atoms with Crippen LogP contribution in [-0.2, 0) is 39.6 Å². The van der Waals surface area contributed by atoms with Crippen LogP contribution in [0.1, 0.15) is 128 Å². The molecule has 5 fully saturated rings. The van der Waals surface area contributed by atoms with Crippen molar-refractivity contribution in [3.8, 4) is 11.1 Å². The average Bonchev–Trinajstić information content (AvgIpc) is 3.64. The zero-order valence-corrected chi connectivity index (χ0v) is 38.3. The molecular formula is C48H71BN6O8. The normalized spacial score (nSPS) is 28.2. The summed E-state index contributed by atoms with van der Waals surface area (Å²) >= 11 is 0. The molecule has 9 atom stereocenters. The average molecular weight is 871 g/mol. The number of carbonyl (C=O) groups is 5. The molecule has 3 saturated carbocycles. The van der Waals surface area contributed by atoms with E-state index in [9.17, 15) is 24.0 Å². The van der Waals surface area contributed by atoms with E-state index in [1.165, 1.54) is 12.5 Å². The number of hydrogen-bond acceptors (Lipinski definition) is 9. The fraction of sp³-hybridized carbons (Fsp3) is 0.646. The Morgan fingerprint density at radius 3 is 2.30 bits per heavy atom. The molecule has 63 heavy (non-hydrogen) atoms. The molecule has 5 amide bonds. The first-order valence-electron chi connectivity index (χ1n) is 23.5. The molecule has 2 bridgehead atoms. The van der Waals surface area contributed by atoms with Crippen LogP contribution in [0.4, 0.5) is 0 Å². The third kappa shape index (κ3) is 11.7. The molecule has 2 aromatic carbocycles. The summed E-state index contributed by atoms with van der Waals surface area (Å²) in [5.41, 5.74) is 9.23. The van der Waals surface area contributed by atoms with Crippen molar-refractivity contribution >= 4 is 36.7 Å². The number of nitrogens with one attached hydrogen (secondary N) is 5. The van der Waals surface area contributed by atoms with Gasteiger partial charge in [-0.15, -0.1) is 0 Å². The third-order valence-corrected chi connectivity index (χ3v) is 14.2. The van der Waals surface area contributed by atoms with Crippen molar-refractivity contribution in [2.75, 3.05) is 19.8 Å². The highest BCUT2D eigenvalue weighted by Crippen LogP contribution is 2.65. The van der Waals surface area contributed by atoms with E-state index in [4.69, 9.17) is 19.8 Å². The van der Waals surface area contributed by atoms with Gasteiger partial charge in [-0.1, -0.05) is 76.4 Å². The van der Waals surface area contributed by atoms with E-state index in [0.29, 0.717) is 75.5 Å². The molecule has 7 N–H and O–H groups in total. The Bertz CT molecular complexity index is 1900. The van der Waals surface area contributed by atoms with Gasteiger partial charge in [0.25, 0.3) is 5.91 Å². The maximum atomic E-state index is 13.9. The van der Waals surface area contributed by atoms with Gasteiger partial charge in [0.2, 0.25) is 23.6 Å². The van der Waals surface area contributed by atoms with E-state index in [0.717, 1.165) is 43.2 Å². The Labute approximate surface area is 374 Å². The van der Waals surface area contributed by atoms with Gasteiger partial charge in [0.1, 0.15) is 24.2 Å². The van der Waals surface area contributed by atoms with Gasteiger partial charge < -0.3 is 46.4 Å². The second-order valence-electron chi connectivity index (χ2n) is 19.1. The summed E-state index contributed by atoms with van der Waals surface area (Å²) in [6.07, 6.45) is 9.25. The molecule has 5 aliphatic rings. The molecule has 0 unspecified atom stereocenters. The summed E-state index contributed by atoms with van der Waals surface area (Å²) < 4.78 is 18.9. The number of unbranched alkanes of at least 4 members (excludes halogenated alkanes) is 2. The van der Waals surface area contributed by atoms with E-state index >= 15 is 0 Å². The van der Waals surface area contributed by atoms with Gasteiger partial charge in [0.15, 0.2) is 0 Å². The van der Waals surface area contributed by atoms with E-state index < -0.39 is 66.5 Å². The molecular weight excluding hydrogens is 799 g/mol. The van der Waals surface area contributed by atoms with Gasteiger partial charge in [0, 0.05) is 12.2 Å². The van der Waals surface area contributed by atoms with E-state index in [2.05, 4.69) is 78.5 Å². The monoisotopic (exact) mass is 871 g/mol. The van der Waals surface area contributed by atoms with Crippen LogP contribution in [-0.4, -0.2) is 98.2 Å². The molecule has 15 heteroatoms. The first-order valence-corrected chi connectivity index (χ1v) is 23.5. The lowest BCUT2D eigenvalue weighted by molar-refractivity contribution is -0.199. The van der Waals surface area contributed by atoms with Crippen LogP contribution in [0.3, 0.4) is 0 Å². The summed E-state index contributed by atoms with van der Waals surface area (Å²) in [5.74, 6) is -2.00. The Hall–Kier alpha value is -4.31. The third-order valence-electron chi connectivity index (χ3n) is 14.2. The lowest BCUT2D eigenvalue weighted by Crippen LogP contribution is -2.65. The number of nitrogens with two attached hydrogens (primary N) is 1. The van der Waals surface area contributed by atoms with Crippen molar-refractivity contribution in [1.82, 2.24) is 26.6 Å². The quantitative estimate of drug-likeness (QED) is 0.108. The summed E-state index contributed by atoms with van der Waals surface area (Å²) in [5, 5.41) is 14.2. The maximum absolute atomic E-state index is 13.9. The molecule has 2 saturated heterocycles. The first-order chi connectivity index (χ1) is 30.1. The number of rotatable bonds is 15. The zero-order chi connectivity index (χ0) is 45.3. The summed E-state index contributed by atoms with van der Waals surface area (Å²) in [7, 11) is -0.611. The molecule has 2 aliphatic heterocycles. The molecule has 0 spiro atoms. The second kappa shape index (κ2) is 21.6. The van der Waals surface area contributed by atoms with E-state index in [-0.39, 0.29) is 24.0 Å². The van der Waals surface area contributed by atoms with Crippen molar-refractivity contribution in [3.63, 3.8) is 0 Å². The summed E-state index contributed by atoms with van der Waals surface area (Å²) in [6.45, 7) is 12.9. The predicted molar refractivity (Wildman–Crippen MR) is 243 cm³/mol. The number of amides is 5. The lowest BCUT2D eigenvalue weighted by atomic mass is 9.43. The van der Waals surface area contributed by atoms with Crippen LogP contribution in [0.25, 0.3) is 11.1 Å². The first kappa shape index (κ1) is 48.2. The number of benzene rings is 2. The SMILES string of the molecule is CCCCc1ccc(-c2ccc(C(=O)N[C@@H](CCCCN)C(=O)N[C@H]3COCCCCC[C@@H](C(=O)N[C@@H](C)B4O[C@@H]5C[C@@H]6C[C@@H](C6(C)C)[C@]5(C)O4)NC(=O)[C@H](C)NC3=O)cc2)cc1. The van der Waals surface area contributed by atoms with Crippen LogP contribution < -0.4 is 32.3 Å². The van der Waals surface area contributed by atoms with Gasteiger partial charge in [0.05, 0.1) is 24.3 Å². The standard InChI is InChI=1S/C48H71BN6O8/c1-7-8-14-32-17-19-33(20-18-32)34-21-23-35(24-22-34)43(57)54-38(16-11-12-25-50)45(59)55-39-29-61-26-13-9-10-15-37(53-42(56)30(2)51-46(39)60)44(58)52-31(3)49-62-41-28-36-27-40(47(36,4)5)48(41,6)63-49/h17-24,30-31,36-41H,7-16,25-29,50H2,1-6H3,(H,51,60)(H,52,58)(H,53,56)(H,54,57)(H,55,59)/t30-,31-,36-,37-,38-,39-,40-,41+,48-/m0/s1. The minimum Gasteiger partial charge on any atom is -0.404 e. The van der Waals surface area contributed by atoms with Gasteiger partial charge >= 0.3 is 7.12 Å². The predicted octanol–water partition coefficient (Wildman–Crippen LogP) is 4.76. The number of aryl methyl sites for hydroxylation is 1. The topological polar surface area (TPSA) is 199 Å². The largest absolute Gasteiger partial charge is 0.481 e. The Morgan fingerprint density at radius 2 is 1.62 bits per heavy atom. The van der Waals surface area contributed by atoms with Crippen molar-refractivity contribution in [2.45, 2.75) is 160 Å². The van der Waals surface area contributed by atoms with Gasteiger partial charge in [-0.2, -0.15) is 0 Å². The van der Waals surface area contributed by atoms with Crippen molar-refractivity contribution < 1.29 is 38.0 Å². The minimum atomic E-state index is -1.16. The van der Waals surface area contributed by atoms with E-state index in [1.54, 1.807) is 12.1 Å². The molecule has 0 radical (unpaired) electrons. The highest BCUT2D eigenvalue weighted by Gasteiger charge is 2.68. The Balaban J connectivity index is 1.05. The van der Waals surface area contributed by atoms with Gasteiger partial charge in [-0.3, -0.25) is 24.0 Å². The lowest BCUT2D eigenvalue weighted by Gasteiger charge is -2.64. The van der Waals surface area contributed by atoms with Gasteiger partial charge in [-0.25, -0.2) is 0 Å². The van der Waals surface area contributed by atoms with Crippen LogP contribution >= 0.6 is 0 Å². The molecule has 3 aliphatic carbocycles. The summed E-state index contributed by atoms with van der Waals surface area (Å²) in [6, 6.07) is 11.6. The Morgan fingerprint density at radius 1 is 0.905 bits per heavy atom. The molecule has 2 aromatic rings. The minimum absolute atomic E-state index is 0.0266. The van der Waals surface area contributed by atoms with Crippen LogP contribution in [0.15, 0.2) is 48.5 Å². The van der Waals surface area contributed by atoms with Crippen LogP contribution in [0, 0.1) is 17.3 Å². The Kier molecular flexibility index (Phi) is 16.5. The molecule has 7 rings (SSSR count). The highest BCUT2D eigenvalue weighted by atomic mass is 16.7. The molecule has 344 valence electrons. The summed E-state index contributed by atoms with van der Waals surface area (Å²) in [4.78, 5) is 68.5. The number of hydrogen-bond donors (Lipinski definition) is 6.